The van der Waals surface area contributed by atoms with Crippen LogP contribution in [0.1, 0.15) is 5.56 Å². The lowest BCUT2D eigenvalue weighted by molar-refractivity contribution is -0.0499. The molecule has 0 bridgehead atoms. The maximum absolute atomic E-state index is 12.4. The van der Waals surface area contributed by atoms with Crippen molar-refractivity contribution in [1.29, 1.82) is 0 Å². The molecule has 0 radical (unpaired) electrons. The molecule has 0 aliphatic heterocycles. The molecule has 0 spiro atoms. The molecule has 0 heterocycles. The van der Waals surface area contributed by atoms with Gasteiger partial charge in [0.25, 0.3) is 0 Å². The summed E-state index contributed by atoms with van der Waals surface area (Å²) < 4.78 is 63.5. The van der Waals surface area contributed by atoms with Gasteiger partial charge in [-0.05, 0) is 18.4 Å². The highest BCUT2D eigenvalue weighted by molar-refractivity contribution is 7.88. The molecular weight excluding hydrogens is 297 g/mol. The van der Waals surface area contributed by atoms with Gasteiger partial charge in [-0.2, -0.15) is 21.6 Å². The zero-order valence-corrected chi connectivity index (χ0v) is 10.9. The van der Waals surface area contributed by atoms with E-state index >= 15 is 0 Å². The highest BCUT2D eigenvalue weighted by atomic mass is 32.2. The molecule has 8 heteroatoms. The third kappa shape index (κ3) is 2.38. The summed E-state index contributed by atoms with van der Waals surface area (Å²) in [7, 11) is -5.79. The van der Waals surface area contributed by atoms with Crippen LogP contribution in [0.5, 0.6) is 11.5 Å². The van der Waals surface area contributed by atoms with Gasteiger partial charge in [-0.25, -0.2) is 0 Å². The summed E-state index contributed by atoms with van der Waals surface area (Å²) in [6.45, 7) is 1.27. The minimum atomic E-state index is -5.79. The van der Waals surface area contributed by atoms with E-state index in [0.717, 1.165) is 0 Å². The predicted octanol–water partition coefficient (Wildman–Crippen LogP) is 3.08. The first-order chi connectivity index (χ1) is 9.13. The molecule has 0 aliphatic rings. The molecule has 2 aromatic rings. The molecule has 0 amide bonds. The van der Waals surface area contributed by atoms with Gasteiger partial charge in [0.05, 0.1) is 0 Å². The Morgan fingerprint density at radius 1 is 1.20 bits per heavy atom. The number of halogens is 3. The molecule has 0 aliphatic carbocycles. The van der Waals surface area contributed by atoms with Crippen LogP contribution in [-0.4, -0.2) is 19.0 Å². The molecule has 0 saturated carbocycles. The summed E-state index contributed by atoms with van der Waals surface area (Å²) in [6.07, 6.45) is 0. The molecule has 20 heavy (non-hydrogen) atoms. The van der Waals surface area contributed by atoms with Gasteiger partial charge in [0.15, 0.2) is 5.75 Å². The molecule has 2 aromatic carbocycles. The van der Waals surface area contributed by atoms with Gasteiger partial charge in [0.2, 0.25) is 0 Å². The molecular formula is C12H9F3O4S. The van der Waals surface area contributed by atoms with Crippen LogP contribution in [0.2, 0.25) is 0 Å². The Kier molecular flexibility index (Phi) is 3.29. The van der Waals surface area contributed by atoms with Crippen LogP contribution in [0.3, 0.4) is 0 Å². The molecule has 4 nitrogen and oxygen atoms in total. The highest BCUT2D eigenvalue weighted by Gasteiger charge is 2.49. The van der Waals surface area contributed by atoms with E-state index in [0.29, 0.717) is 5.39 Å². The van der Waals surface area contributed by atoms with E-state index in [9.17, 15) is 26.7 Å². The van der Waals surface area contributed by atoms with Crippen molar-refractivity contribution in [2.75, 3.05) is 0 Å². The number of phenols is 1. The Balaban J connectivity index is 2.69. The van der Waals surface area contributed by atoms with Crippen molar-refractivity contribution < 1.29 is 30.9 Å². The number of phenolic OH excluding ortho intramolecular Hbond substituents is 1. The fourth-order valence-corrected chi connectivity index (χ4v) is 2.20. The minimum Gasteiger partial charge on any atom is -0.508 e. The Morgan fingerprint density at radius 3 is 2.40 bits per heavy atom. The second-order valence-corrected chi connectivity index (χ2v) is 5.59. The van der Waals surface area contributed by atoms with E-state index in [-0.39, 0.29) is 16.7 Å². The Morgan fingerprint density at radius 2 is 1.80 bits per heavy atom. The van der Waals surface area contributed by atoms with Crippen molar-refractivity contribution in [3.63, 3.8) is 0 Å². The van der Waals surface area contributed by atoms with Gasteiger partial charge in [0.1, 0.15) is 5.75 Å². The number of aromatic hydroxyl groups is 1. The first-order valence-corrected chi connectivity index (χ1v) is 6.76. The standard InChI is InChI=1S/C12H9F3O4S/c1-7-10(16)6-8-4-2-3-5-9(8)11(7)19-20(17,18)12(13,14)15/h2-6,16H,1H3. The van der Waals surface area contributed by atoms with Crippen LogP contribution in [0.4, 0.5) is 13.2 Å². The summed E-state index contributed by atoms with van der Waals surface area (Å²) in [6, 6.07) is 7.35. The summed E-state index contributed by atoms with van der Waals surface area (Å²) in [5.41, 5.74) is -5.62. The van der Waals surface area contributed by atoms with E-state index < -0.39 is 21.4 Å². The highest BCUT2D eigenvalue weighted by Crippen LogP contribution is 2.38. The molecule has 0 aromatic heterocycles. The zero-order chi connectivity index (χ0) is 15.1. The van der Waals surface area contributed by atoms with Gasteiger partial charge < -0.3 is 9.29 Å². The number of hydrogen-bond donors (Lipinski definition) is 1. The Bertz CT molecular complexity index is 766. The van der Waals surface area contributed by atoms with Crippen LogP contribution in [-0.2, 0) is 10.1 Å². The average molecular weight is 306 g/mol. The molecule has 108 valence electrons. The lowest BCUT2D eigenvalue weighted by atomic mass is 10.1. The van der Waals surface area contributed by atoms with Crippen molar-refractivity contribution in [2.24, 2.45) is 0 Å². The van der Waals surface area contributed by atoms with Crippen molar-refractivity contribution in [3.05, 3.63) is 35.9 Å². The maximum atomic E-state index is 12.4. The minimum absolute atomic E-state index is 0.0866. The van der Waals surface area contributed by atoms with Crippen LogP contribution in [0.15, 0.2) is 30.3 Å². The van der Waals surface area contributed by atoms with Gasteiger partial charge >= 0.3 is 15.6 Å². The second kappa shape index (κ2) is 4.55. The zero-order valence-electron chi connectivity index (χ0n) is 10.1. The predicted molar refractivity (Wildman–Crippen MR) is 66.0 cm³/mol. The summed E-state index contributed by atoms with van der Waals surface area (Å²) in [5, 5.41) is 10.2. The fourth-order valence-electron chi connectivity index (χ4n) is 1.67. The third-order valence-electron chi connectivity index (χ3n) is 2.70. The van der Waals surface area contributed by atoms with Crippen LogP contribution in [0.25, 0.3) is 10.8 Å². The molecule has 2 rings (SSSR count). The lowest BCUT2D eigenvalue weighted by Crippen LogP contribution is -2.28. The SMILES string of the molecule is Cc1c(O)cc2ccccc2c1OS(=O)(=O)C(F)(F)F. The van der Waals surface area contributed by atoms with E-state index in [4.69, 9.17) is 0 Å². The largest absolute Gasteiger partial charge is 0.534 e. The van der Waals surface area contributed by atoms with Crippen molar-refractivity contribution in [3.8, 4) is 11.5 Å². The molecule has 0 unspecified atom stereocenters. The summed E-state index contributed by atoms with van der Waals surface area (Å²) in [4.78, 5) is 0. The van der Waals surface area contributed by atoms with Gasteiger partial charge in [-0.1, -0.05) is 24.3 Å². The van der Waals surface area contributed by atoms with Crippen LogP contribution < -0.4 is 4.18 Å². The van der Waals surface area contributed by atoms with E-state index in [1.807, 2.05) is 0 Å². The van der Waals surface area contributed by atoms with Crippen LogP contribution in [0, 0.1) is 6.92 Å². The second-order valence-electron chi connectivity index (χ2n) is 4.05. The number of rotatable bonds is 2. The molecule has 1 N–H and O–H groups in total. The monoisotopic (exact) mass is 306 g/mol. The van der Waals surface area contributed by atoms with E-state index in [1.165, 1.54) is 31.2 Å². The quantitative estimate of drug-likeness (QED) is 0.684. The van der Waals surface area contributed by atoms with Crippen molar-refractivity contribution in [1.82, 2.24) is 0 Å². The maximum Gasteiger partial charge on any atom is 0.534 e. The van der Waals surface area contributed by atoms with Crippen molar-refractivity contribution >= 4 is 20.9 Å². The van der Waals surface area contributed by atoms with Gasteiger partial charge in [-0.3, -0.25) is 0 Å². The molecule has 0 saturated heterocycles. The summed E-state index contributed by atoms with van der Waals surface area (Å²) in [5.74, 6) is -0.881. The van der Waals surface area contributed by atoms with Gasteiger partial charge in [-0.15, -0.1) is 0 Å². The first-order valence-electron chi connectivity index (χ1n) is 5.35. The normalized spacial score (nSPS) is 12.6. The van der Waals surface area contributed by atoms with Crippen molar-refractivity contribution in [2.45, 2.75) is 12.4 Å². The summed E-state index contributed by atoms with van der Waals surface area (Å²) >= 11 is 0. The number of benzene rings is 2. The lowest BCUT2D eigenvalue weighted by Gasteiger charge is -2.14. The number of alkyl halides is 3. The Hall–Kier alpha value is -1.96. The Labute approximate surface area is 112 Å². The first kappa shape index (κ1) is 14.4. The average Bonchev–Trinajstić information content (AvgIpc) is 2.33. The van der Waals surface area contributed by atoms with Crippen LogP contribution >= 0.6 is 0 Å². The van der Waals surface area contributed by atoms with E-state index in [1.54, 1.807) is 6.07 Å². The molecule has 0 fully saturated rings. The smallest absolute Gasteiger partial charge is 0.508 e. The van der Waals surface area contributed by atoms with Gasteiger partial charge in [0, 0.05) is 10.9 Å². The number of hydrogen-bond acceptors (Lipinski definition) is 4. The topological polar surface area (TPSA) is 63.6 Å². The number of fused-ring (bicyclic) bond motifs is 1. The molecule has 0 atom stereocenters. The van der Waals surface area contributed by atoms with E-state index in [2.05, 4.69) is 4.18 Å². The fraction of sp³-hybridized carbons (Fsp3) is 0.167. The third-order valence-corrected chi connectivity index (χ3v) is 3.65.